The van der Waals surface area contributed by atoms with Crippen LogP contribution in [0.3, 0.4) is 0 Å². The minimum atomic E-state index is 0.575. The molecule has 1 aliphatic rings. The van der Waals surface area contributed by atoms with Crippen LogP contribution in [-0.2, 0) is 0 Å². The van der Waals surface area contributed by atoms with Crippen LogP contribution in [0.15, 0.2) is 48.5 Å². The molecular formula is C18H21NO. The molecule has 0 heterocycles. The van der Waals surface area contributed by atoms with Crippen molar-refractivity contribution in [2.45, 2.75) is 31.7 Å². The number of rotatable bonds is 4. The van der Waals surface area contributed by atoms with E-state index >= 15 is 0 Å². The van der Waals surface area contributed by atoms with Crippen molar-refractivity contribution in [2.24, 2.45) is 0 Å². The number of para-hydroxylation sites is 2. The van der Waals surface area contributed by atoms with Crippen molar-refractivity contribution in [3.8, 4) is 5.75 Å². The quantitative estimate of drug-likeness (QED) is 0.888. The van der Waals surface area contributed by atoms with Crippen molar-refractivity contribution in [2.75, 3.05) is 12.4 Å². The van der Waals surface area contributed by atoms with Gasteiger partial charge in [0.25, 0.3) is 0 Å². The second kappa shape index (κ2) is 5.58. The first kappa shape index (κ1) is 13.0. The zero-order chi connectivity index (χ0) is 13.9. The van der Waals surface area contributed by atoms with Crippen LogP contribution >= 0.6 is 0 Å². The molecule has 0 aromatic heterocycles. The molecular weight excluding hydrogens is 246 g/mol. The summed E-state index contributed by atoms with van der Waals surface area (Å²) in [4.78, 5) is 0. The number of methoxy groups -OCH3 is 1. The van der Waals surface area contributed by atoms with E-state index < -0.39 is 0 Å². The van der Waals surface area contributed by atoms with E-state index in [1.807, 2.05) is 6.07 Å². The van der Waals surface area contributed by atoms with E-state index in [1.54, 1.807) is 7.11 Å². The Morgan fingerprint density at radius 2 is 1.70 bits per heavy atom. The average molecular weight is 267 g/mol. The molecule has 0 spiro atoms. The van der Waals surface area contributed by atoms with Crippen molar-refractivity contribution in [3.63, 3.8) is 0 Å². The lowest BCUT2D eigenvalue weighted by molar-refractivity contribution is 0.349. The molecule has 1 fully saturated rings. The van der Waals surface area contributed by atoms with Crippen LogP contribution in [-0.4, -0.2) is 13.2 Å². The molecule has 1 saturated carbocycles. The maximum Gasteiger partial charge on any atom is 0.122 e. The van der Waals surface area contributed by atoms with E-state index in [4.69, 9.17) is 4.74 Å². The van der Waals surface area contributed by atoms with Gasteiger partial charge in [0, 0.05) is 11.7 Å². The number of ether oxygens (including phenoxy) is 1. The van der Waals surface area contributed by atoms with Gasteiger partial charge in [-0.3, -0.25) is 0 Å². The van der Waals surface area contributed by atoms with Crippen molar-refractivity contribution in [3.05, 3.63) is 59.7 Å². The molecule has 20 heavy (non-hydrogen) atoms. The van der Waals surface area contributed by atoms with Gasteiger partial charge >= 0.3 is 0 Å². The Bertz CT molecular complexity index is 587. The molecule has 0 bridgehead atoms. The molecule has 0 radical (unpaired) electrons. The third kappa shape index (κ3) is 2.51. The summed E-state index contributed by atoms with van der Waals surface area (Å²) in [5.41, 5.74) is 3.92. The molecule has 1 aliphatic carbocycles. The summed E-state index contributed by atoms with van der Waals surface area (Å²) >= 11 is 0. The molecule has 104 valence electrons. The first-order valence-corrected chi connectivity index (χ1v) is 7.23. The highest BCUT2D eigenvalue weighted by molar-refractivity contribution is 5.52. The first-order valence-electron chi connectivity index (χ1n) is 7.23. The fraction of sp³-hybridized carbons (Fsp3) is 0.333. The molecule has 0 aliphatic heterocycles. The second-order valence-corrected chi connectivity index (χ2v) is 5.57. The topological polar surface area (TPSA) is 21.3 Å². The first-order chi connectivity index (χ1) is 9.78. The lowest BCUT2D eigenvalue weighted by Crippen LogP contribution is -2.34. The van der Waals surface area contributed by atoms with Gasteiger partial charge in [-0.15, -0.1) is 0 Å². The summed E-state index contributed by atoms with van der Waals surface area (Å²) in [6.07, 6.45) is 2.35. The predicted molar refractivity (Wildman–Crippen MR) is 83.6 cm³/mol. The van der Waals surface area contributed by atoms with Gasteiger partial charge in [0.15, 0.2) is 0 Å². The minimum Gasteiger partial charge on any atom is -0.496 e. The minimum absolute atomic E-state index is 0.575. The number of hydrogen-bond acceptors (Lipinski definition) is 2. The molecule has 2 aromatic rings. The highest BCUT2D eigenvalue weighted by atomic mass is 16.5. The highest BCUT2D eigenvalue weighted by Crippen LogP contribution is 2.42. The molecule has 2 nitrogen and oxygen atoms in total. The summed E-state index contributed by atoms with van der Waals surface area (Å²) in [7, 11) is 1.75. The van der Waals surface area contributed by atoms with Gasteiger partial charge in [-0.25, -0.2) is 0 Å². The van der Waals surface area contributed by atoms with Gasteiger partial charge in [-0.2, -0.15) is 0 Å². The molecule has 2 heteroatoms. The van der Waals surface area contributed by atoms with Crippen LogP contribution in [0.1, 0.15) is 29.9 Å². The molecule has 0 atom stereocenters. The lowest BCUT2D eigenvalue weighted by atomic mass is 9.75. The van der Waals surface area contributed by atoms with E-state index in [2.05, 4.69) is 54.7 Å². The van der Waals surface area contributed by atoms with Gasteiger partial charge in [0.2, 0.25) is 0 Å². The Labute approximate surface area is 120 Å². The van der Waals surface area contributed by atoms with Crippen LogP contribution in [0, 0.1) is 6.92 Å². The Morgan fingerprint density at radius 1 is 1.00 bits per heavy atom. The molecule has 0 saturated heterocycles. The van der Waals surface area contributed by atoms with Gasteiger partial charge < -0.3 is 10.1 Å². The van der Waals surface area contributed by atoms with Crippen molar-refractivity contribution in [1.82, 2.24) is 0 Å². The zero-order valence-corrected chi connectivity index (χ0v) is 12.1. The normalized spacial score (nSPS) is 21.1. The summed E-state index contributed by atoms with van der Waals surface area (Å²) in [5.74, 6) is 1.64. The van der Waals surface area contributed by atoms with Crippen LogP contribution in [0.4, 0.5) is 5.69 Å². The smallest absolute Gasteiger partial charge is 0.122 e. The zero-order valence-electron chi connectivity index (χ0n) is 12.1. The molecule has 2 aromatic carbocycles. The third-order valence-electron chi connectivity index (χ3n) is 4.22. The van der Waals surface area contributed by atoms with Gasteiger partial charge in [0.05, 0.1) is 7.11 Å². The van der Waals surface area contributed by atoms with Crippen LogP contribution in [0.25, 0.3) is 0 Å². The van der Waals surface area contributed by atoms with Crippen molar-refractivity contribution >= 4 is 5.69 Å². The number of benzene rings is 2. The number of aryl methyl sites for hydroxylation is 1. The van der Waals surface area contributed by atoms with E-state index in [-0.39, 0.29) is 0 Å². The lowest BCUT2D eigenvalue weighted by Gasteiger charge is -2.37. The Balaban J connectivity index is 1.63. The van der Waals surface area contributed by atoms with E-state index in [0.29, 0.717) is 12.0 Å². The average Bonchev–Trinajstić information content (AvgIpc) is 2.44. The Hall–Kier alpha value is -1.96. The molecule has 3 rings (SSSR count). The largest absolute Gasteiger partial charge is 0.496 e. The molecule has 1 N–H and O–H groups in total. The second-order valence-electron chi connectivity index (χ2n) is 5.57. The van der Waals surface area contributed by atoms with Gasteiger partial charge in [-0.1, -0.05) is 36.4 Å². The maximum atomic E-state index is 5.45. The number of hydrogen-bond donors (Lipinski definition) is 1. The summed E-state index contributed by atoms with van der Waals surface area (Å²) < 4.78 is 5.45. The maximum absolute atomic E-state index is 5.45. The van der Waals surface area contributed by atoms with Gasteiger partial charge in [0.1, 0.15) is 5.75 Å². The van der Waals surface area contributed by atoms with Crippen LogP contribution in [0.2, 0.25) is 0 Å². The van der Waals surface area contributed by atoms with E-state index in [9.17, 15) is 0 Å². The SMILES string of the molecule is COc1ccccc1C1CC(Nc2ccccc2C)C1. The number of nitrogens with one attached hydrogen (secondary N) is 1. The molecule has 0 unspecified atom stereocenters. The fourth-order valence-electron chi connectivity index (χ4n) is 2.95. The van der Waals surface area contributed by atoms with Crippen molar-refractivity contribution < 1.29 is 4.74 Å². The Kier molecular flexibility index (Phi) is 3.64. The van der Waals surface area contributed by atoms with Crippen LogP contribution < -0.4 is 10.1 Å². The van der Waals surface area contributed by atoms with E-state index in [1.165, 1.54) is 29.7 Å². The number of anilines is 1. The predicted octanol–water partition coefficient (Wildman–Crippen LogP) is 4.36. The monoisotopic (exact) mass is 267 g/mol. The Morgan fingerprint density at radius 3 is 2.45 bits per heavy atom. The summed E-state index contributed by atoms with van der Waals surface area (Å²) in [5, 5.41) is 3.64. The van der Waals surface area contributed by atoms with E-state index in [0.717, 1.165) is 5.75 Å². The standard InChI is InChI=1S/C18H21NO/c1-13-7-3-5-9-17(13)19-15-11-14(12-15)16-8-4-6-10-18(16)20-2/h3-10,14-15,19H,11-12H2,1-2H3. The summed E-state index contributed by atoms with van der Waals surface area (Å²) in [6.45, 7) is 2.15. The fourth-order valence-corrected chi connectivity index (χ4v) is 2.95. The van der Waals surface area contributed by atoms with Crippen molar-refractivity contribution in [1.29, 1.82) is 0 Å². The summed E-state index contributed by atoms with van der Waals surface area (Å²) in [6, 6.07) is 17.4. The highest BCUT2D eigenvalue weighted by Gasteiger charge is 2.32. The van der Waals surface area contributed by atoms with Gasteiger partial charge in [-0.05, 0) is 48.9 Å². The molecule has 0 amide bonds. The van der Waals surface area contributed by atoms with Crippen LogP contribution in [0.5, 0.6) is 5.75 Å². The third-order valence-corrected chi connectivity index (χ3v) is 4.22.